The lowest BCUT2D eigenvalue weighted by molar-refractivity contribution is -0.150. The van der Waals surface area contributed by atoms with Crippen LogP contribution in [0.4, 0.5) is 0 Å². The second-order valence-corrected chi connectivity index (χ2v) is 9.53. The SMILES string of the molecule is CCCCC(CC)C(=O)OCCOCCOCCOCCOCCOCCOCCOCCOC(=O)C(=O)c1ccccc1. The fourth-order valence-corrected chi connectivity index (χ4v) is 3.65. The maximum Gasteiger partial charge on any atom is 0.379 e. The molecular formula is C32H52O12. The van der Waals surface area contributed by atoms with Gasteiger partial charge >= 0.3 is 11.9 Å². The van der Waals surface area contributed by atoms with E-state index in [-0.39, 0.29) is 31.7 Å². The molecule has 1 aromatic carbocycles. The number of benzene rings is 1. The van der Waals surface area contributed by atoms with E-state index in [2.05, 4.69) is 6.92 Å². The van der Waals surface area contributed by atoms with Crippen LogP contribution in [0.3, 0.4) is 0 Å². The third kappa shape index (κ3) is 22.1. The predicted molar refractivity (Wildman–Crippen MR) is 162 cm³/mol. The molecule has 12 heteroatoms. The number of ketones is 1. The molecule has 1 rings (SSSR count). The Morgan fingerprint density at radius 2 is 0.932 bits per heavy atom. The molecule has 0 aromatic heterocycles. The fraction of sp³-hybridized carbons (Fsp3) is 0.719. The zero-order chi connectivity index (χ0) is 31.9. The van der Waals surface area contributed by atoms with Gasteiger partial charge in [-0.1, -0.05) is 57.0 Å². The van der Waals surface area contributed by atoms with Crippen LogP contribution in [0.15, 0.2) is 30.3 Å². The first kappa shape index (κ1) is 39.6. The van der Waals surface area contributed by atoms with Crippen LogP contribution in [-0.4, -0.2) is 123 Å². The van der Waals surface area contributed by atoms with Gasteiger partial charge in [0.25, 0.3) is 5.78 Å². The van der Waals surface area contributed by atoms with Crippen LogP contribution in [-0.2, 0) is 52.2 Å². The van der Waals surface area contributed by atoms with Crippen molar-refractivity contribution in [2.75, 3.05) is 106 Å². The van der Waals surface area contributed by atoms with E-state index in [1.54, 1.807) is 30.3 Å². The summed E-state index contributed by atoms with van der Waals surface area (Å²) in [4.78, 5) is 35.6. The maximum atomic E-state index is 12.0. The van der Waals surface area contributed by atoms with Crippen LogP contribution < -0.4 is 0 Å². The molecule has 1 atom stereocenters. The number of ether oxygens (including phenoxy) is 9. The number of hydrogen-bond acceptors (Lipinski definition) is 12. The van der Waals surface area contributed by atoms with Crippen molar-refractivity contribution >= 4 is 17.7 Å². The number of Topliss-reactive ketones (excluding diaryl/α,β-unsaturated/α-hetero) is 1. The summed E-state index contributed by atoms with van der Waals surface area (Å²) in [5.41, 5.74) is 0.294. The van der Waals surface area contributed by atoms with Crippen molar-refractivity contribution in [2.45, 2.75) is 39.5 Å². The van der Waals surface area contributed by atoms with Crippen LogP contribution in [0, 0.1) is 5.92 Å². The summed E-state index contributed by atoms with van der Waals surface area (Å²) in [7, 11) is 0. The summed E-state index contributed by atoms with van der Waals surface area (Å²) in [6.07, 6.45) is 3.80. The number of carbonyl (C=O) groups excluding carboxylic acids is 3. The molecule has 0 saturated carbocycles. The van der Waals surface area contributed by atoms with E-state index >= 15 is 0 Å². The highest BCUT2D eigenvalue weighted by Crippen LogP contribution is 2.14. The van der Waals surface area contributed by atoms with Gasteiger partial charge in [-0.3, -0.25) is 9.59 Å². The third-order valence-electron chi connectivity index (χ3n) is 6.12. The van der Waals surface area contributed by atoms with E-state index in [4.69, 9.17) is 42.6 Å². The van der Waals surface area contributed by atoms with Gasteiger partial charge in [0.05, 0.1) is 98.4 Å². The second kappa shape index (κ2) is 29.3. The van der Waals surface area contributed by atoms with Crippen molar-refractivity contribution in [2.24, 2.45) is 5.92 Å². The summed E-state index contributed by atoms with van der Waals surface area (Å²) in [5.74, 6) is -1.72. The highest BCUT2D eigenvalue weighted by molar-refractivity contribution is 6.40. The number of rotatable bonds is 31. The lowest BCUT2D eigenvalue weighted by Crippen LogP contribution is -2.20. The number of unbranched alkanes of at least 4 members (excludes halogenated alkanes) is 1. The van der Waals surface area contributed by atoms with Gasteiger partial charge in [-0.25, -0.2) is 4.79 Å². The molecule has 0 heterocycles. The largest absolute Gasteiger partial charge is 0.463 e. The first-order valence-electron chi connectivity index (χ1n) is 15.6. The molecular weight excluding hydrogens is 576 g/mol. The summed E-state index contributed by atoms with van der Waals surface area (Å²) < 4.78 is 48.1. The smallest absolute Gasteiger partial charge is 0.379 e. The predicted octanol–water partition coefficient (Wildman–Crippen LogP) is 3.29. The Bertz CT molecular complexity index is 836. The molecule has 0 aliphatic heterocycles. The van der Waals surface area contributed by atoms with Crippen molar-refractivity contribution < 1.29 is 57.0 Å². The Hall–Kier alpha value is -2.45. The quantitative estimate of drug-likeness (QED) is 0.0517. The Kier molecular flexibility index (Phi) is 26.3. The minimum Gasteiger partial charge on any atom is -0.463 e. The topological polar surface area (TPSA) is 134 Å². The average molecular weight is 629 g/mol. The van der Waals surface area contributed by atoms with E-state index in [1.807, 2.05) is 6.92 Å². The van der Waals surface area contributed by atoms with Gasteiger partial charge in [-0.2, -0.15) is 0 Å². The van der Waals surface area contributed by atoms with Crippen LogP contribution in [0.5, 0.6) is 0 Å². The Morgan fingerprint density at radius 1 is 0.545 bits per heavy atom. The fourth-order valence-electron chi connectivity index (χ4n) is 3.65. The lowest BCUT2D eigenvalue weighted by atomic mass is 10.00. The number of carbonyl (C=O) groups is 3. The first-order valence-corrected chi connectivity index (χ1v) is 15.6. The zero-order valence-electron chi connectivity index (χ0n) is 26.5. The average Bonchev–Trinajstić information content (AvgIpc) is 3.05. The summed E-state index contributed by atoms with van der Waals surface area (Å²) in [6.45, 7) is 10.2. The monoisotopic (exact) mass is 628 g/mol. The van der Waals surface area contributed by atoms with Gasteiger partial charge in [0, 0.05) is 5.56 Å². The molecule has 0 radical (unpaired) electrons. The molecule has 0 aliphatic carbocycles. The highest BCUT2D eigenvalue weighted by atomic mass is 16.6. The van der Waals surface area contributed by atoms with Crippen molar-refractivity contribution in [1.82, 2.24) is 0 Å². The minimum absolute atomic E-state index is 0.00413. The van der Waals surface area contributed by atoms with Crippen LogP contribution in [0.25, 0.3) is 0 Å². The number of hydrogen-bond donors (Lipinski definition) is 0. The molecule has 0 spiro atoms. The third-order valence-corrected chi connectivity index (χ3v) is 6.12. The van der Waals surface area contributed by atoms with Crippen molar-refractivity contribution in [3.63, 3.8) is 0 Å². The van der Waals surface area contributed by atoms with Crippen LogP contribution in [0.1, 0.15) is 49.9 Å². The van der Waals surface area contributed by atoms with E-state index in [9.17, 15) is 14.4 Å². The molecule has 0 saturated heterocycles. The standard InChI is InChI=1S/C32H52O12/c1-3-5-9-28(4-2)31(34)43-26-24-41-22-20-39-18-16-37-14-12-36-13-15-38-17-19-40-21-23-42-25-27-44-32(35)30(33)29-10-7-6-8-11-29/h6-8,10-11,28H,3-5,9,12-27H2,1-2H3. The number of esters is 2. The molecule has 1 unspecified atom stereocenters. The zero-order valence-corrected chi connectivity index (χ0v) is 26.5. The van der Waals surface area contributed by atoms with E-state index in [1.165, 1.54) is 0 Å². The van der Waals surface area contributed by atoms with E-state index < -0.39 is 11.8 Å². The summed E-state index contributed by atoms with van der Waals surface area (Å²) in [6, 6.07) is 8.25. The van der Waals surface area contributed by atoms with E-state index in [0.717, 1.165) is 25.7 Å². The molecule has 0 N–H and O–H groups in total. The highest BCUT2D eigenvalue weighted by Gasteiger charge is 2.18. The van der Waals surface area contributed by atoms with Gasteiger partial charge in [0.1, 0.15) is 13.2 Å². The van der Waals surface area contributed by atoms with Gasteiger partial charge in [-0.15, -0.1) is 0 Å². The molecule has 252 valence electrons. The molecule has 0 fully saturated rings. The van der Waals surface area contributed by atoms with Gasteiger partial charge < -0.3 is 42.6 Å². The maximum absolute atomic E-state index is 12.0. The normalized spacial score (nSPS) is 11.8. The molecule has 12 nitrogen and oxygen atoms in total. The molecule has 0 amide bonds. The summed E-state index contributed by atoms with van der Waals surface area (Å²) in [5, 5.41) is 0. The Labute approximate surface area is 261 Å². The summed E-state index contributed by atoms with van der Waals surface area (Å²) >= 11 is 0. The van der Waals surface area contributed by atoms with Crippen LogP contribution in [0.2, 0.25) is 0 Å². The van der Waals surface area contributed by atoms with Gasteiger partial charge in [-0.05, 0) is 12.8 Å². The van der Waals surface area contributed by atoms with Gasteiger partial charge in [0.15, 0.2) is 0 Å². The Balaban J connectivity index is 1.74. The molecule has 0 bridgehead atoms. The molecule has 1 aromatic rings. The van der Waals surface area contributed by atoms with Crippen molar-refractivity contribution in [3.05, 3.63) is 35.9 Å². The molecule has 44 heavy (non-hydrogen) atoms. The lowest BCUT2D eigenvalue weighted by Gasteiger charge is -2.13. The van der Waals surface area contributed by atoms with Gasteiger partial charge in [0.2, 0.25) is 0 Å². The minimum atomic E-state index is -0.899. The van der Waals surface area contributed by atoms with Crippen LogP contribution >= 0.6 is 0 Å². The first-order chi connectivity index (χ1) is 21.6. The molecule has 0 aliphatic rings. The second-order valence-electron chi connectivity index (χ2n) is 9.53. The Morgan fingerprint density at radius 3 is 1.32 bits per heavy atom. The van der Waals surface area contributed by atoms with Crippen molar-refractivity contribution in [1.29, 1.82) is 0 Å². The van der Waals surface area contributed by atoms with E-state index in [0.29, 0.717) is 91.5 Å². The van der Waals surface area contributed by atoms with Crippen molar-refractivity contribution in [3.8, 4) is 0 Å².